The molecule has 0 spiro atoms. The third-order valence-electron chi connectivity index (χ3n) is 5.37. The molecule has 152 valence electrons. The van der Waals surface area contributed by atoms with Crippen LogP contribution in [-0.4, -0.2) is 47.3 Å². The Balaban J connectivity index is 1.66. The van der Waals surface area contributed by atoms with E-state index in [9.17, 15) is 14.3 Å². The van der Waals surface area contributed by atoms with E-state index in [1.807, 2.05) is 6.07 Å². The van der Waals surface area contributed by atoms with Gasteiger partial charge in [-0.15, -0.1) is 0 Å². The van der Waals surface area contributed by atoms with E-state index in [2.05, 4.69) is 15.6 Å². The number of carbonyl (C=O) groups excluding carboxylic acids is 1. The number of hydrogen-bond acceptors (Lipinski definition) is 4. The van der Waals surface area contributed by atoms with E-state index in [0.717, 1.165) is 0 Å². The largest absolute Gasteiger partial charge is 0.387 e. The van der Waals surface area contributed by atoms with Gasteiger partial charge in [0.15, 0.2) is 0 Å². The number of rotatable bonds is 5. The molecule has 0 bridgehead atoms. The van der Waals surface area contributed by atoms with Crippen molar-refractivity contribution in [2.75, 3.05) is 19.6 Å². The monoisotopic (exact) mass is 416 g/mol. The Morgan fingerprint density at radius 2 is 2.14 bits per heavy atom. The molecule has 1 fully saturated rings. The summed E-state index contributed by atoms with van der Waals surface area (Å²) >= 11 is 6.37. The molecular formula is C21H22ClFN4O2. The maximum absolute atomic E-state index is 13.9. The van der Waals surface area contributed by atoms with E-state index in [-0.39, 0.29) is 18.5 Å². The number of β-amino-alcohol motifs (C(OH)–C–C–N with tert-alkyl or cyclic N) is 1. The van der Waals surface area contributed by atoms with Crippen molar-refractivity contribution >= 4 is 28.4 Å². The number of aliphatic hydroxyl groups is 1. The molecular weight excluding hydrogens is 395 g/mol. The van der Waals surface area contributed by atoms with Crippen molar-refractivity contribution < 1.29 is 14.3 Å². The van der Waals surface area contributed by atoms with Crippen LogP contribution in [0.1, 0.15) is 16.9 Å². The number of H-pyrrole nitrogens is 1. The number of fused-ring (bicyclic) bond motifs is 1. The number of amides is 1. The Kier molecular flexibility index (Phi) is 5.31. The number of hydrogen-bond donors (Lipinski definition) is 5. The second-order valence-electron chi connectivity index (χ2n) is 7.47. The number of benzene rings is 2. The summed E-state index contributed by atoms with van der Waals surface area (Å²) in [4.78, 5) is 16.1. The van der Waals surface area contributed by atoms with Gasteiger partial charge in [-0.05, 0) is 30.7 Å². The van der Waals surface area contributed by atoms with E-state index in [0.29, 0.717) is 52.3 Å². The van der Waals surface area contributed by atoms with Crippen LogP contribution < -0.4 is 16.4 Å². The highest BCUT2D eigenvalue weighted by atomic mass is 35.5. The molecule has 6 N–H and O–H groups in total. The first-order valence-electron chi connectivity index (χ1n) is 9.40. The normalized spacial score (nSPS) is 21.6. The smallest absolute Gasteiger partial charge is 0.268 e. The van der Waals surface area contributed by atoms with Gasteiger partial charge < -0.3 is 26.5 Å². The standard InChI is InChI=1S/C21H22ClFN4O2/c22-16-4-2-1-3-14(16)18-15-7-12(23)5-6-17(15)27-19(18)20(28)25-9-13-8-21(29,10-24)11-26-13/h1-7,13,26-27,29H,8-11,24H2,(H,25,28)/t13-,21?/m0/s1. The fraction of sp³-hybridized carbons (Fsp3) is 0.286. The minimum absolute atomic E-state index is 0.0851. The lowest BCUT2D eigenvalue weighted by atomic mass is 10.00. The molecule has 0 radical (unpaired) electrons. The van der Waals surface area contributed by atoms with Gasteiger partial charge in [0.1, 0.15) is 11.5 Å². The van der Waals surface area contributed by atoms with Gasteiger partial charge in [-0.25, -0.2) is 4.39 Å². The highest BCUT2D eigenvalue weighted by Gasteiger charge is 2.36. The summed E-state index contributed by atoms with van der Waals surface area (Å²) in [7, 11) is 0. The van der Waals surface area contributed by atoms with Crippen LogP contribution in [0.5, 0.6) is 0 Å². The quantitative estimate of drug-likeness (QED) is 0.440. The Labute approximate surface area is 172 Å². The van der Waals surface area contributed by atoms with Crippen molar-refractivity contribution in [3.05, 3.63) is 59.0 Å². The number of aromatic amines is 1. The van der Waals surface area contributed by atoms with Crippen molar-refractivity contribution in [2.45, 2.75) is 18.1 Å². The van der Waals surface area contributed by atoms with Crippen LogP contribution in [0.3, 0.4) is 0 Å². The molecule has 1 unspecified atom stereocenters. The van der Waals surface area contributed by atoms with Crippen LogP contribution in [-0.2, 0) is 0 Å². The number of halogens is 2. The Morgan fingerprint density at radius 1 is 1.34 bits per heavy atom. The highest BCUT2D eigenvalue weighted by molar-refractivity contribution is 6.34. The average Bonchev–Trinajstić information content (AvgIpc) is 3.27. The van der Waals surface area contributed by atoms with Gasteiger partial charge in [0.25, 0.3) is 5.91 Å². The lowest BCUT2D eigenvalue weighted by Crippen LogP contribution is -2.39. The number of carbonyl (C=O) groups is 1. The summed E-state index contributed by atoms with van der Waals surface area (Å²) in [6.07, 6.45) is 0.457. The molecule has 3 aromatic rings. The molecule has 6 nitrogen and oxygen atoms in total. The van der Waals surface area contributed by atoms with Crippen LogP contribution >= 0.6 is 11.6 Å². The van der Waals surface area contributed by atoms with Gasteiger partial charge >= 0.3 is 0 Å². The summed E-state index contributed by atoms with van der Waals surface area (Å²) in [5, 5.41) is 17.3. The molecule has 2 aromatic carbocycles. The van der Waals surface area contributed by atoms with Crippen molar-refractivity contribution in [3.8, 4) is 11.1 Å². The Bertz CT molecular complexity index is 1070. The van der Waals surface area contributed by atoms with Crippen molar-refractivity contribution in [2.24, 2.45) is 5.73 Å². The van der Waals surface area contributed by atoms with Crippen LogP contribution in [0.2, 0.25) is 5.02 Å². The zero-order valence-electron chi connectivity index (χ0n) is 15.6. The minimum Gasteiger partial charge on any atom is -0.387 e. The number of nitrogens with one attached hydrogen (secondary N) is 3. The fourth-order valence-electron chi connectivity index (χ4n) is 3.82. The first-order chi connectivity index (χ1) is 13.9. The van der Waals surface area contributed by atoms with Crippen molar-refractivity contribution in [1.82, 2.24) is 15.6 Å². The van der Waals surface area contributed by atoms with Crippen molar-refractivity contribution in [1.29, 1.82) is 0 Å². The van der Waals surface area contributed by atoms with Crippen molar-refractivity contribution in [3.63, 3.8) is 0 Å². The number of nitrogens with two attached hydrogens (primary N) is 1. The average molecular weight is 417 g/mol. The summed E-state index contributed by atoms with van der Waals surface area (Å²) in [5.74, 6) is -0.727. The molecule has 0 saturated carbocycles. The van der Waals surface area contributed by atoms with E-state index >= 15 is 0 Å². The molecule has 0 aliphatic carbocycles. The Morgan fingerprint density at radius 3 is 2.86 bits per heavy atom. The van der Waals surface area contributed by atoms with E-state index in [1.165, 1.54) is 12.1 Å². The lowest BCUT2D eigenvalue weighted by molar-refractivity contribution is 0.0676. The molecule has 1 aliphatic rings. The molecule has 1 aromatic heterocycles. The van der Waals surface area contributed by atoms with Gasteiger partial charge in [0, 0.05) is 52.7 Å². The summed E-state index contributed by atoms with van der Waals surface area (Å²) in [6.45, 7) is 0.877. The minimum atomic E-state index is -0.948. The molecule has 1 saturated heterocycles. The van der Waals surface area contributed by atoms with Gasteiger partial charge in [0.05, 0.1) is 5.60 Å². The molecule has 4 rings (SSSR count). The summed E-state index contributed by atoms with van der Waals surface area (Å²) < 4.78 is 13.9. The molecule has 2 atom stereocenters. The van der Waals surface area contributed by atoms with Crippen LogP contribution in [0.4, 0.5) is 4.39 Å². The molecule has 1 aliphatic heterocycles. The van der Waals surface area contributed by atoms with Crippen LogP contribution in [0.15, 0.2) is 42.5 Å². The fourth-order valence-corrected chi connectivity index (χ4v) is 4.05. The zero-order chi connectivity index (χ0) is 20.6. The second-order valence-corrected chi connectivity index (χ2v) is 7.87. The predicted molar refractivity (Wildman–Crippen MR) is 111 cm³/mol. The Hall–Kier alpha value is -2.45. The topological polar surface area (TPSA) is 103 Å². The van der Waals surface area contributed by atoms with Gasteiger partial charge in [0.2, 0.25) is 0 Å². The van der Waals surface area contributed by atoms with E-state index in [1.54, 1.807) is 24.3 Å². The van der Waals surface area contributed by atoms with Gasteiger partial charge in [-0.1, -0.05) is 29.8 Å². The zero-order valence-corrected chi connectivity index (χ0v) is 16.4. The first kappa shape index (κ1) is 19.8. The number of aromatic nitrogens is 1. The molecule has 2 heterocycles. The van der Waals surface area contributed by atoms with E-state index < -0.39 is 11.4 Å². The molecule has 1 amide bonds. The van der Waals surface area contributed by atoms with Gasteiger partial charge in [-0.2, -0.15) is 0 Å². The summed E-state index contributed by atoms with van der Waals surface area (Å²) in [5.41, 5.74) is 6.81. The van der Waals surface area contributed by atoms with Gasteiger partial charge in [-0.3, -0.25) is 4.79 Å². The molecule has 29 heavy (non-hydrogen) atoms. The third kappa shape index (κ3) is 3.86. The second kappa shape index (κ2) is 7.76. The lowest BCUT2D eigenvalue weighted by Gasteiger charge is -2.18. The molecule has 8 heteroatoms. The summed E-state index contributed by atoms with van der Waals surface area (Å²) in [6, 6.07) is 11.4. The first-order valence-corrected chi connectivity index (χ1v) is 9.78. The maximum Gasteiger partial charge on any atom is 0.268 e. The highest BCUT2D eigenvalue weighted by Crippen LogP contribution is 2.37. The maximum atomic E-state index is 13.9. The van der Waals surface area contributed by atoms with E-state index in [4.69, 9.17) is 17.3 Å². The SMILES string of the molecule is NCC1(O)CN[C@H](CNC(=O)c2[nH]c3ccc(F)cc3c2-c2ccccc2Cl)C1. The van der Waals surface area contributed by atoms with Crippen LogP contribution in [0, 0.1) is 5.82 Å². The predicted octanol–water partition coefficient (Wildman–Crippen LogP) is 2.41. The van der Waals surface area contributed by atoms with Crippen LogP contribution in [0.25, 0.3) is 22.0 Å². The third-order valence-corrected chi connectivity index (χ3v) is 5.70.